The summed E-state index contributed by atoms with van der Waals surface area (Å²) in [4.78, 5) is 16.8. The Bertz CT molecular complexity index is 975. The van der Waals surface area contributed by atoms with Crippen molar-refractivity contribution >= 4 is 17.2 Å². The molecule has 1 heterocycles. The first kappa shape index (κ1) is 19.9. The molecule has 4 nitrogen and oxygen atoms in total. The van der Waals surface area contributed by atoms with Gasteiger partial charge in [0, 0.05) is 10.9 Å². The summed E-state index contributed by atoms with van der Waals surface area (Å²) in [6, 6.07) is 10.1. The van der Waals surface area contributed by atoms with E-state index in [1.54, 1.807) is 6.92 Å². The lowest BCUT2D eigenvalue weighted by Gasteiger charge is -2.15. The molecule has 0 bridgehead atoms. The second-order valence-corrected chi connectivity index (χ2v) is 7.06. The van der Waals surface area contributed by atoms with Gasteiger partial charge in [-0.25, -0.2) is 13.8 Å². The molecule has 3 rings (SSSR count). The van der Waals surface area contributed by atoms with E-state index >= 15 is 0 Å². The first-order valence-corrected chi connectivity index (χ1v) is 9.76. The van der Waals surface area contributed by atoms with Crippen LogP contribution in [0.15, 0.2) is 47.8 Å². The molecule has 0 saturated heterocycles. The van der Waals surface area contributed by atoms with Crippen LogP contribution >= 0.6 is 11.3 Å². The van der Waals surface area contributed by atoms with Crippen molar-refractivity contribution in [3.05, 3.63) is 70.7 Å². The number of amides is 1. The molecule has 1 N–H and O–H groups in total. The summed E-state index contributed by atoms with van der Waals surface area (Å²) in [5.74, 6) is -0.677. The average molecular weight is 402 g/mol. The predicted octanol–water partition coefficient (Wildman–Crippen LogP) is 4.91. The third-order valence-corrected chi connectivity index (χ3v) is 5.04. The Morgan fingerprint density at radius 1 is 1.25 bits per heavy atom. The monoisotopic (exact) mass is 402 g/mol. The summed E-state index contributed by atoms with van der Waals surface area (Å²) in [6.45, 7) is 4.07. The molecule has 1 amide bonds. The van der Waals surface area contributed by atoms with E-state index in [0.29, 0.717) is 12.3 Å². The van der Waals surface area contributed by atoms with Gasteiger partial charge >= 0.3 is 0 Å². The van der Waals surface area contributed by atoms with E-state index in [0.717, 1.165) is 34.5 Å². The van der Waals surface area contributed by atoms with E-state index in [1.165, 1.54) is 11.3 Å². The van der Waals surface area contributed by atoms with Gasteiger partial charge in [0.1, 0.15) is 22.4 Å². The maximum Gasteiger partial charge on any atom is 0.226 e. The summed E-state index contributed by atoms with van der Waals surface area (Å²) in [5.41, 5.74) is 1.59. The second-order valence-electron chi connectivity index (χ2n) is 6.20. The maximum absolute atomic E-state index is 13.8. The number of aromatic nitrogens is 1. The Hall–Kier alpha value is -2.80. The number of para-hydroxylation sites is 1. The fraction of sp³-hybridized carbons (Fsp3) is 0.238. The lowest BCUT2D eigenvalue weighted by atomic mass is 10.1. The molecule has 1 atom stereocenters. The lowest BCUT2D eigenvalue weighted by molar-refractivity contribution is -0.121. The van der Waals surface area contributed by atoms with Gasteiger partial charge in [-0.15, -0.1) is 11.3 Å². The summed E-state index contributed by atoms with van der Waals surface area (Å²) in [6.07, 6.45) is 0.0502. The molecule has 0 spiro atoms. The largest absolute Gasteiger partial charge is 0.493 e. The molecule has 146 valence electrons. The van der Waals surface area contributed by atoms with Crippen LogP contribution in [-0.2, 0) is 11.2 Å². The minimum atomic E-state index is -0.653. The standard InChI is InChI=1S/C21H20F2N2O2S/c1-3-27-19-7-5-4-6-16(19)21-25-15(12-28-21)11-20(26)24-13(2)17-10-14(22)8-9-18(17)23/h4-10,12-13H,3,11H2,1-2H3,(H,24,26). The summed E-state index contributed by atoms with van der Waals surface area (Å²) in [5, 5.41) is 5.26. The Kier molecular flexibility index (Phi) is 6.36. The number of carbonyl (C=O) groups excluding carboxylic acids is 1. The van der Waals surface area contributed by atoms with Gasteiger partial charge in [-0.3, -0.25) is 4.79 Å². The second kappa shape index (κ2) is 8.93. The fourth-order valence-electron chi connectivity index (χ4n) is 2.82. The zero-order valence-electron chi connectivity index (χ0n) is 15.5. The van der Waals surface area contributed by atoms with Crippen LogP contribution in [0.1, 0.15) is 31.1 Å². The molecule has 1 aromatic heterocycles. The van der Waals surface area contributed by atoms with Gasteiger partial charge in [0.25, 0.3) is 0 Å². The number of thiazole rings is 1. The number of hydrogen-bond donors (Lipinski definition) is 1. The quantitative estimate of drug-likeness (QED) is 0.611. The highest BCUT2D eigenvalue weighted by Crippen LogP contribution is 2.32. The third-order valence-electron chi connectivity index (χ3n) is 4.11. The molecule has 7 heteroatoms. The summed E-state index contributed by atoms with van der Waals surface area (Å²) < 4.78 is 32.8. The zero-order chi connectivity index (χ0) is 20.1. The van der Waals surface area contributed by atoms with Crippen LogP contribution in [0.5, 0.6) is 5.75 Å². The Labute approximate surface area is 166 Å². The van der Waals surface area contributed by atoms with Crippen molar-refractivity contribution in [2.24, 2.45) is 0 Å². The van der Waals surface area contributed by atoms with Gasteiger partial charge in [0.15, 0.2) is 0 Å². The van der Waals surface area contributed by atoms with Gasteiger partial charge < -0.3 is 10.1 Å². The number of hydrogen-bond acceptors (Lipinski definition) is 4. The van der Waals surface area contributed by atoms with Crippen LogP contribution in [0.4, 0.5) is 8.78 Å². The first-order chi connectivity index (χ1) is 13.5. The van der Waals surface area contributed by atoms with Crippen molar-refractivity contribution in [3.63, 3.8) is 0 Å². The molecule has 1 unspecified atom stereocenters. The van der Waals surface area contributed by atoms with E-state index in [1.807, 2.05) is 36.6 Å². The molecular formula is C21H20F2N2O2S. The third kappa shape index (κ3) is 4.72. The van der Waals surface area contributed by atoms with Crippen LogP contribution in [0.2, 0.25) is 0 Å². The highest BCUT2D eigenvalue weighted by molar-refractivity contribution is 7.13. The highest BCUT2D eigenvalue weighted by atomic mass is 32.1. The summed E-state index contributed by atoms with van der Waals surface area (Å²) in [7, 11) is 0. The van der Waals surface area contributed by atoms with E-state index in [4.69, 9.17) is 4.74 Å². The van der Waals surface area contributed by atoms with Crippen molar-refractivity contribution < 1.29 is 18.3 Å². The van der Waals surface area contributed by atoms with E-state index in [-0.39, 0.29) is 17.9 Å². The average Bonchev–Trinajstić information content (AvgIpc) is 3.12. The number of benzene rings is 2. The minimum absolute atomic E-state index is 0.0502. The molecule has 0 radical (unpaired) electrons. The number of halogens is 2. The van der Waals surface area contributed by atoms with Gasteiger partial charge in [-0.2, -0.15) is 0 Å². The van der Waals surface area contributed by atoms with Crippen molar-refractivity contribution in [2.75, 3.05) is 6.61 Å². The van der Waals surface area contributed by atoms with Crippen molar-refractivity contribution in [2.45, 2.75) is 26.3 Å². The van der Waals surface area contributed by atoms with Gasteiger partial charge in [-0.05, 0) is 44.2 Å². The van der Waals surface area contributed by atoms with E-state index in [9.17, 15) is 13.6 Å². The fourth-order valence-corrected chi connectivity index (χ4v) is 3.67. The van der Waals surface area contributed by atoms with Crippen LogP contribution in [0.3, 0.4) is 0 Å². The maximum atomic E-state index is 13.8. The van der Waals surface area contributed by atoms with Crippen LogP contribution < -0.4 is 10.1 Å². The van der Waals surface area contributed by atoms with Crippen molar-refractivity contribution in [3.8, 4) is 16.3 Å². The van der Waals surface area contributed by atoms with Crippen molar-refractivity contribution in [1.82, 2.24) is 10.3 Å². The molecular weight excluding hydrogens is 382 g/mol. The van der Waals surface area contributed by atoms with Gasteiger partial charge in [-0.1, -0.05) is 12.1 Å². The predicted molar refractivity (Wildman–Crippen MR) is 105 cm³/mol. The van der Waals surface area contributed by atoms with Gasteiger partial charge in [0.2, 0.25) is 5.91 Å². The van der Waals surface area contributed by atoms with Gasteiger partial charge in [0.05, 0.1) is 30.3 Å². The topological polar surface area (TPSA) is 51.2 Å². The van der Waals surface area contributed by atoms with Crippen LogP contribution in [0, 0.1) is 11.6 Å². The number of nitrogens with zero attached hydrogens (tertiary/aromatic N) is 1. The zero-order valence-corrected chi connectivity index (χ0v) is 16.4. The first-order valence-electron chi connectivity index (χ1n) is 8.88. The van der Waals surface area contributed by atoms with Crippen LogP contribution in [0.25, 0.3) is 10.6 Å². The molecule has 2 aromatic carbocycles. The number of rotatable bonds is 7. The Morgan fingerprint density at radius 3 is 2.82 bits per heavy atom. The molecule has 0 aliphatic rings. The molecule has 3 aromatic rings. The van der Waals surface area contributed by atoms with Crippen molar-refractivity contribution in [1.29, 1.82) is 0 Å². The molecule has 28 heavy (non-hydrogen) atoms. The summed E-state index contributed by atoms with van der Waals surface area (Å²) >= 11 is 1.42. The molecule has 0 aliphatic heterocycles. The number of carbonyl (C=O) groups is 1. The Balaban J connectivity index is 1.68. The number of nitrogens with one attached hydrogen (secondary N) is 1. The number of ether oxygens (including phenoxy) is 1. The van der Waals surface area contributed by atoms with Crippen LogP contribution in [-0.4, -0.2) is 17.5 Å². The molecule has 0 aliphatic carbocycles. The normalized spacial score (nSPS) is 11.9. The Morgan fingerprint density at radius 2 is 2.04 bits per heavy atom. The molecule has 0 saturated carbocycles. The highest BCUT2D eigenvalue weighted by Gasteiger charge is 2.17. The lowest BCUT2D eigenvalue weighted by Crippen LogP contribution is -2.28. The SMILES string of the molecule is CCOc1ccccc1-c1nc(CC(=O)NC(C)c2cc(F)ccc2F)cs1. The van der Waals surface area contributed by atoms with E-state index in [2.05, 4.69) is 10.3 Å². The minimum Gasteiger partial charge on any atom is -0.493 e. The van der Waals surface area contributed by atoms with E-state index < -0.39 is 17.7 Å². The molecule has 0 fully saturated rings. The smallest absolute Gasteiger partial charge is 0.226 e.